The number of methoxy groups -OCH3 is 1. The predicted molar refractivity (Wildman–Crippen MR) is 73.2 cm³/mol. The van der Waals surface area contributed by atoms with Crippen LogP contribution < -0.4 is 11.1 Å². The third-order valence-electron chi connectivity index (χ3n) is 4.14. The maximum absolute atomic E-state index is 12.0. The maximum Gasteiger partial charge on any atom is 0.238 e. The molecule has 2 atom stereocenters. The highest BCUT2D eigenvalue weighted by molar-refractivity contribution is 5.85. The fraction of sp³-hybridized carbons (Fsp3) is 0.929. The van der Waals surface area contributed by atoms with Gasteiger partial charge in [-0.2, -0.15) is 0 Å². The standard InChI is InChI=1S/C14H28N2O2/c1-13(2,3)11-7-5-6-8-14(11,12(15)17)16-9-10-18-4/h11,16H,5-10H2,1-4H3,(H2,15,17). The van der Waals surface area contributed by atoms with Gasteiger partial charge < -0.3 is 15.8 Å². The van der Waals surface area contributed by atoms with Crippen LogP contribution >= 0.6 is 0 Å². The number of primary amides is 1. The summed E-state index contributed by atoms with van der Waals surface area (Å²) in [5, 5.41) is 3.39. The van der Waals surface area contributed by atoms with Crippen molar-refractivity contribution in [2.75, 3.05) is 20.3 Å². The van der Waals surface area contributed by atoms with Crippen LogP contribution in [0.25, 0.3) is 0 Å². The molecule has 1 rings (SSSR count). The lowest BCUT2D eigenvalue weighted by Gasteiger charge is -2.48. The molecule has 106 valence electrons. The molecule has 0 saturated heterocycles. The van der Waals surface area contributed by atoms with Crippen LogP contribution in [0.5, 0.6) is 0 Å². The molecule has 0 bridgehead atoms. The Morgan fingerprint density at radius 2 is 2.11 bits per heavy atom. The number of nitrogens with two attached hydrogens (primary N) is 1. The van der Waals surface area contributed by atoms with Crippen molar-refractivity contribution < 1.29 is 9.53 Å². The topological polar surface area (TPSA) is 64.3 Å². The molecule has 4 heteroatoms. The highest BCUT2D eigenvalue weighted by Crippen LogP contribution is 2.44. The van der Waals surface area contributed by atoms with Gasteiger partial charge in [-0.1, -0.05) is 33.6 Å². The molecule has 0 aromatic carbocycles. The molecule has 0 aliphatic heterocycles. The summed E-state index contributed by atoms with van der Waals surface area (Å²) < 4.78 is 5.06. The van der Waals surface area contributed by atoms with Crippen molar-refractivity contribution >= 4 is 5.91 Å². The van der Waals surface area contributed by atoms with E-state index in [9.17, 15) is 4.79 Å². The Kier molecular flexibility index (Phi) is 5.17. The quantitative estimate of drug-likeness (QED) is 0.736. The van der Waals surface area contributed by atoms with Gasteiger partial charge in [0.25, 0.3) is 0 Å². The highest BCUT2D eigenvalue weighted by Gasteiger charge is 2.49. The lowest BCUT2D eigenvalue weighted by molar-refractivity contribution is -0.131. The van der Waals surface area contributed by atoms with Gasteiger partial charge in [0, 0.05) is 13.7 Å². The van der Waals surface area contributed by atoms with Crippen molar-refractivity contribution in [1.82, 2.24) is 5.32 Å². The molecule has 0 aromatic heterocycles. The fourth-order valence-electron chi connectivity index (χ4n) is 3.31. The third kappa shape index (κ3) is 3.23. The molecule has 0 aromatic rings. The third-order valence-corrected chi connectivity index (χ3v) is 4.14. The lowest BCUT2D eigenvalue weighted by atomic mass is 9.61. The number of hydrogen-bond acceptors (Lipinski definition) is 3. The van der Waals surface area contributed by atoms with Crippen molar-refractivity contribution in [3.8, 4) is 0 Å². The molecule has 2 unspecified atom stereocenters. The van der Waals surface area contributed by atoms with Crippen LogP contribution in [0.15, 0.2) is 0 Å². The first-order valence-electron chi connectivity index (χ1n) is 6.88. The SMILES string of the molecule is COCCNC1(C(N)=O)CCCCC1C(C)(C)C. The van der Waals surface area contributed by atoms with E-state index >= 15 is 0 Å². The van der Waals surface area contributed by atoms with E-state index in [0.717, 1.165) is 19.3 Å². The molecule has 1 fully saturated rings. The van der Waals surface area contributed by atoms with Gasteiger partial charge in [-0.05, 0) is 24.2 Å². The van der Waals surface area contributed by atoms with E-state index in [1.54, 1.807) is 7.11 Å². The van der Waals surface area contributed by atoms with E-state index in [4.69, 9.17) is 10.5 Å². The van der Waals surface area contributed by atoms with Gasteiger partial charge in [-0.3, -0.25) is 4.79 Å². The Morgan fingerprint density at radius 3 is 2.61 bits per heavy atom. The molecular formula is C14H28N2O2. The molecule has 18 heavy (non-hydrogen) atoms. The first-order valence-corrected chi connectivity index (χ1v) is 6.88. The molecule has 0 spiro atoms. The molecule has 3 N–H and O–H groups in total. The Balaban J connectivity index is 2.93. The van der Waals surface area contributed by atoms with E-state index in [-0.39, 0.29) is 17.2 Å². The zero-order chi connectivity index (χ0) is 13.8. The smallest absolute Gasteiger partial charge is 0.238 e. The number of ether oxygens (including phenoxy) is 1. The normalized spacial score (nSPS) is 29.2. The zero-order valence-electron chi connectivity index (χ0n) is 12.2. The van der Waals surface area contributed by atoms with E-state index in [2.05, 4.69) is 26.1 Å². The summed E-state index contributed by atoms with van der Waals surface area (Å²) in [7, 11) is 1.67. The zero-order valence-corrected chi connectivity index (χ0v) is 12.2. The molecule has 0 heterocycles. The summed E-state index contributed by atoms with van der Waals surface area (Å²) in [6.45, 7) is 7.86. The number of carbonyl (C=O) groups is 1. The van der Waals surface area contributed by atoms with Gasteiger partial charge in [0.1, 0.15) is 5.54 Å². The van der Waals surface area contributed by atoms with Crippen LogP contribution in [0.4, 0.5) is 0 Å². The van der Waals surface area contributed by atoms with E-state index in [1.165, 1.54) is 6.42 Å². The van der Waals surface area contributed by atoms with Gasteiger partial charge in [0.15, 0.2) is 0 Å². The molecule has 4 nitrogen and oxygen atoms in total. The Labute approximate surface area is 111 Å². The Bertz CT molecular complexity index is 286. The first-order chi connectivity index (χ1) is 8.34. The number of rotatable bonds is 5. The largest absolute Gasteiger partial charge is 0.383 e. The van der Waals surface area contributed by atoms with E-state index in [0.29, 0.717) is 13.2 Å². The second kappa shape index (κ2) is 6.02. The molecule has 1 saturated carbocycles. The summed E-state index contributed by atoms with van der Waals surface area (Å²) in [5.41, 5.74) is 5.25. The van der Waals surface area contributed by atoms with Crippen LogP contribution in [0.3, 0.4) is 0 Å². The van der Waals surface area contributed by atoms with Crippen LogP contribution in [-0.4, -0.2) is 31.7 Å². The lowest BCUT2D eigenvalue weighted by Crippen LogP contribution is -2.64. The summed E-state index contributed by atoms with van der Waals surface area (Å²) in [6, 6.07) is 0. The summed E-state index contributed by atoms with van der Waals surface area (Å²) in [4.78, 5) is 12.0. The van der Waals surface area contributed by atoms with Gasteiger partial charge >= 0.3 is 0 Å². The fourth-order valence-corrected chi connectivity index (χ4v) is 3.31. The van der Waals surface area contributed by atoms with E-state index in [1.807, 2.05) is 0 Å². The van der Waals surface area contributed by atoms with Crippen LogP contribution in [-0.2, 0) is 9.53 Å². The number of nitrogens with one attached hydrogen (secondary N) is 1. The molecule has 1 amide bonds. The van der Waals surface area contributed by atoms with Gasteiger partial charge in [-0.15, -0.1) is 0 Å². The minimum Gasteiger partial charge on any atom is -0.383 e. The van der Waals surface area contributed by atoms with Gasteiger partial charge in [-0.25, -0.2) is 0 Å². The maximum atomic E-state index is 12.0. The van der Waals surface area contributed by atoms with Crippen molar-refractivity contribution in [1.29, 1.82) is 0 Å². The van der Waals surface area contributed by atoms with Crippen molar-refractivity contribution in [3.63, 3.8) is 0 Å². The summed E-state index contributed by atoms with van der Waals surface area (Å²) in [5.74, 6) is 0.0753. The number of carbonyl (C=O) groups excluding carboxylic acids is 1. The first kappa shape index (κ1) is 15.4. The summed E-state index contributed by atoms with van der Waals surface area (Å²) in [6.07, 6.45) is 4.15. The van der Waals surface area contributed by atoms with Crippen molar-refractivity contribution in [2.24, 2.45) is 17.1 Å². The Hall–Kier alpha value is -0.610. The molecular weight excluding hydrogens is 228 g/mol. The molecule has 1 aliphatic carbocycles. The highest BCUT2D eigenvalue weighted by atomic mass is 16.5. The van der Waals surface area contributed by atoms with Gasteiger partial charge in [0.2, 0.25) is 5.91 Å². The van der Waals surface area contributed by atoms with Crippen molar-refractivity contribution in [2.45, 2.75) is 52.0 Å². The van der Waals surface area contributed by atoms with Gasteiger partial charge in [0.05, 0.1) is 6.61 Å². The second-order valence-electron chi connectivity index (χ2n) is 6.42. The minimum absolute atomic E-state index is 0.0789. The monoisotopic (exact) mass is 256 g/mol. The van der Waals surface area contributed by atoms with Crippen LogP contribution in [0.2, 0.25) is 0 Å². The average molecular weight is 256 g/mol. The van der Waals surface area contributed by atoms with E-state index < -0.39 is 5.54 Å². The number of amides is 1. The Morgan fingerprint density at radius 1 is 1.44 bits per heavy atom. The second-order valence-corrected chi connectivity index (χ2v) is 6.42. The molecule has 0 radical (unpaired) electrons. The van der Waals surface area contributed by atoms with Crippen molar-refractivity contribution in [3.05, 3.63) is 0 Å². The number of hydrogen-bond donors (Lipinski definition) is 2. The van der Waals surface area contributed by atoms with Crippen LogP contribution in [0.1, 0.15) is 46.5 Å². The molecule has 1 aliphatic rings. The average Bonchev–Trinajstić information content (AvgIpc) is 2.28. The minimum atomic E-state index is -0.560. The van der Waals surface area contributed by atoms with Crippen LogP contribution in [0, 0.1) is 11.3 Å². The predicted octanol–water partition coefficient (Wildman–Crippen LogP) is 1.68. The summed E-state index contributed by atoms with van der Waals surface area (Å²) >= 11 is 0.